The first-order valence-corrected chi connectivity index (χ1v) is 15.4. The van der Waals surface area contributed by atoms with Crippen LogP contribution in [0.4, 0.5) is 27.8 Å². The van der Waals surface area contributed by atoms with E-state index < -0.39 is 29.9 Å². The highest BCUT2D eigenvalue weighted by Crippen LogP contribution is 2.46. The molecule has 2 aliphatic heterocycles. The van der Waals surface area contributed by atoms with E-state index in [-0.39, 0.29) is 37.4 Å². The Hall–Kier alpha value is -4.16. The van der Waals surface area contributed by atoms with Crippen LogP contribution in [0.2, 0.25) is 0 Å². The first kappa shape index (κ1) is 30.5. The molecule has 0 radical (unpaired) electrons. The van der Waals surface area contributed by atoms with Crippen LogP contribution >= 0.6 is 0 Å². The molecule has 7 rings (SSSR count). The van der Waals surface area contributed by atoms with Gasteiger partial charge in [0.2, 0.25) is 0 Å². The number of hydrogen-bond donors (Lipinski definition) is 2. The number of pyridine rings is 1. The van der Waals surface area contributed by atoms with Crippen molar-refractivity contribution in [3.8, 4) is 17.3 Å². The Morgan fingerprint density at radius 2 is 1.91 bits per heavy atom. The van der Waals surface area contributed by atoms with E-state index in [2.05, 4.69) is 41.3 Å². The molecule has 2 saturated heterocycles. The Balaban J connectivity index is 0.981. The minimum Gasteiger partial charge on any atom is -0.367 e. The van der Waals surface area contributed by atoms with Gasteiger partial charge in [0.1, 0.15) is 23.5 Å². The second-order valence-electron chi connectivity index (χ2n) is 12.8. The van der Waals surface area contributed by atoms with Crippen LogP contribution in [0.3, 0.4) is 0 Å². The summed E-state index contributed by atoms with van der Waals surface area (Å²) in [5, 5.41) is 18.4. The highest BCUT2D eigenvalue weighted by atomic mass is 19.4. The minimum absolute atomic E-state index is 0.00765. The summed E-state index contributed by atoms with van der Waals surface area (Å²) in [6.07, 6.45) is 5.36. The van der Waals surface area contributed by atoms with Crippen molar-refractivity contribution in [2.45, 2.75) is 74.8 Å². The molecule has 3 fully saturated rings. The lowest BCUT2D eigenvalue weighted by Gasteiger charge is -2.52. The van der Waals surface area contributed by atoms with E-state index in [1.54, 1.807) is 12.3 Å². The molecule has 3 aliphatic rings. The predicted octanol–water partition coefficient (Wildman–Crippen LogP) is 5.42. The van der Waals surface area contributed by atoms with Crippen LogP contribution in [-0.2, 0) is 18.3 Å². The van der Waals surface area contributed by atoms with Crippen molar-refractivity contribution in [3.63, 3.8) is 0 Å². The number of rotatable bonds is 8. The molecule has 6 heterocycles. The third-order valence-electron chi connectivity index (χ3n) is 9.56. The van der Waals surface area contributed by atoms with Crippen LogP contribution in [0.5, 0.6) is 0 Å². The lowest BCUT2D eigenvalue weighted by Crippen LogP contribution is -2.58. The van der Waals surface area contributed by atoms with E-state index in [0.29, 0.717) is 24.8 Å². The normalized spacial score (nSPS) is 24.2. The third-order valence-corrected chi connectivity index (χ3v) is 9.56. The van der Waals surface area contributed by atoms with Gasteiger partial charge in [0, 0.05) is 68.0 Å². The van der Waals surface area contributed by atoms with Crippen molar-refractivity contribution in [1.82, 2.24) is 39.5 Å². The number of halogens is 5. The summed E-state index contributed by atoms with van der Waals surface area (Å²) in [5.74, 6) is -2.71. The van der Waals surface area contributed by atoms with E-state index in [1.165, 1.54) is 11.2 Å². The molecule has 1 saturated carbocycles. The monoisotopic (exact) mass is 640 g/mol. The number of aromatic nitrogens is 6. The molecule has 0 aromatic carbocycles. The third kappa shape index (κ3) is 6.03. The quantitative estimate of drug-likeness (QED) is 0.246. The molecule has 4 aromatic rings. The lowest BCUT2D eigenvalue weighted by atomic mass is 9.69. The molecule has 0 bridgehead atoms. The number of aromatic amines is 1. The second kappa shape index (κ2) is 11.6. The Morgan fingerprint density at radius 3 is 2.63 bits per heavy atom. The average molecular weight is 641 g/mol. The molecule has 0 spiro atoms. The molecule has 15 heteroatoms. The predicted molar refractivity (Wildman–Crippen MR) is 159 cm³/mol. The Kier molecular flexibility index (Phi) is 7.67. The van der Waals surface area contributed by atoms with Crippen LogP contribution in [-0.4, -0.2) is 83.7 Å². The van der Waals surface area contributed by atoms with Crippen LogP contribution < -0.4 is 5.32 Å². The van der Waals surface area contributed by atoms with Crippen molar-refractivity contribution < 1.29 is 22.0 Å². The number of nitrogens with one attached hydrogen (secondary N) is 2. The summed E-state index contributed by atoms with van der Waals surface area (Å²) in [4.78, 5) is 19.5. The molecule has 10 nitrogen and oxygen atoms in total. The van der Waals surface area contributed by atoms with Gasteiger partial charge in [-0.15, -0.1) is 0 Å². The number of alkyl halides is 5. The van der Waals surface area contributed by atoms with Gasteiger partial charge in [-0.25, -0.2) is 23.7 Å². The summed E-state index contributed by atoms with van der Waals surface area (Å²) < 4.78 is 70.2. The molecule has 4 aromatic heterocycles. The molecule has 1 aliphatic carbocycles. The highest BCUT2D eigenvalue weighted by molar-refractivity contribution is 5.90. The zero-order chi connectivity index (χ0) is 32.1. The molecule has 0 atom stereocenters. The average Bonchev–Trinajstić information content (AvgIpc) is 3.75. The summed E-state index contributed by atoms with van der Waals surface area (Å²) in [6, 6.07) is 6.94. The van der Waals surface area contributed by atoms with Crippen LogP contribution in [0, 0.1) is 11.3 Å². The summed E-state index contributed by atoms with van der Waals surface area (Å²) >= 11 is 0. The SMILES string of the molecule is N#CC[C@]1(n2cc(-c3ncnc4[nH]ccc34)cn2)C[C@@H](N2CCC(Nc3cc(CN4CCC(F)(F)C4)cc(C(F)(F)F)n3)CC2)C1. The van der Waals surface area contributed by atoms with Gasteiger partial charge in [0.15, 0.2) is 0 Å². The van der Waals surface area contributed by atoms with Gasteiger partial charge >= 0.3 is 6.18 Å². The number of hydrogen-bond acceptors (Lipinski definition) is 8. The fourth-order valence-corrected chi connectivity index (χ4v) is 7.16. The van der Waals surface area contributed by atoms with E-state index in [0.717, 1.165) is 54.3 Å². The zero-order valence-electron chi connectivity index (χ0n) is 24.9. The van der Waals surface area contributed by atoms with Gasteiger partial charge < -0.3 is 15.2 Å². The van der Waals surface area contributed by atoms with Crippen molar-refractivity contribution in [3.05, 3.63) is 54.4 Å². The largest absolute Gasteiger partial charge is 0.433 e. The van der Waals surface area contributed by atoms with Gasteiger partial charge in [-0.3, -0.25) is 9.58 Å². The van der Waals surface area contributed by atoms with Gasteiger partial charge in [-0.1, -0.05) is 0 Å². The highest BCUT2D eigenvalue weighted by Gasteiger charge is 2.49. The van der Waals surface area contributed by atoms with Crippen molar-refractivity contribution >= 4 is 16.9 Å². The minimum atomic E-state index is -4.65. The van der Waals surface area contributed by atoms with Crippen molar-refractivity contribution in [2.75, 3.05) is 31.5 Å². The van der Waals surface area contributed by atoms with Crippen molar-refractivity contribution in [1.29, 1.82) is 5.26 Å². The fourth-order valence-electron chi connectivity index (χ4n) is 7.16. The zero-order valence-corrected chi connectivity index (χ0v) is 24.9. The van der Waals surface area contributed by atoms with Crippen molar-refractivity contribution in [2.24, 2.45) is 0 Å². The van der Waals surface area contributed by atoms with E-state index in [1.807, 2.05) is 23.1 Å². The number of nitriles is 1. The summed E-state index contributed by atoms with van der Waals surface area (Å²) in [5.41, 5.74) is 1.22. The summed E-state index contributed by atoms with van der Waals surface area (Å²) in [7, 11) is 0. The molecule has 0 unspecified atom stereocenters. The molecule has 2 N–H and O–H groups in total. The first-order valence-electron chi connectivity index (χ1n) is 15.4. The van der Waals surface area contributed by atoms with E-state index in [4.69, 9.17) is 0 Å². The summed E-state index contributed by atoms with van der Waals surface area (Å²) in [6.45, 7) is 1.17. The molecular weight excluding hydrogens is 607 g/mol. The van der Waals surface area contributed by atoms with E-state index in [9.17, 15) is 27.2 Å². The van der Waals surface area contributed by atoms with E-state index >= 15 is 0 Å². The lowest BCUT2D eigenvalue weighted by molar-refractivity contribution is -0.141. The number of nitrogens with zero attached hydrogens (tertiary/aromatic N) is 8. The molecule has 46 heavy (non-hydrogen) atoms. The number of anilines is 1. The topological polar surface area (TPSA) is 115 Å². The van der Waals surface area contributed by atoms with Gasteiger partial charge in [-0.05, 0) is 49.4 Å². The van der Waals surface area contributed by atoms with Gasteiger partial charge in [0.05, 0.1) is 36.5 Å². The smallest absolute Gasteiger partial charge is 0.367 e. The second-order valence-corrected chi connectivity index (χ2v) is 12.8. The van der Waals surface area contributed by atoms with Crippen LogP contribution in [0.15, 0.2) is 43.1 Å². The molecule has 0 amide bonds. The molecular formula is C31H33F5N10. The standard InChI is InChI=1S/C31H33F5N10/c32-30(33)5-10-44(18-30)16-20-11-25(31(34,35)36)43-26(12-20)42-22-2-8-45(9-3-22)23-13-29(14-23,4-6-37)46-17-21(15-41-46)27-24-1-7-38-28(24)40-19-39-27/h1,7,11-12,15,17,19,22-23H,2-5,8-10,13-14,16,18H2,(H,42,43)(H,38,39,40)/t23-,29+. The first-order chi connectivity index (χ1) is 22.0. The maximum atomic E-state index is 13.7. The number of likely N-dealkylation sites (tertiary alicyclic amines) is 2. The number of fused-ring (bicyclic) bond motifs is 1. The fraction of sp³-hybridized carbons (Fsp3) is 0.516. The van der Waals surface area contributed by atoms with Crippen LogP contribution in [0.1, 0.15) is 49.8 Å². The Bertz CT molecular complexity index is 1740. The Labute approximate surface area is 261 Å². The molecule has 242 valence electrons. The van der Waals surface area contributed by atoms with Gasteiger partial charge in [0.25, 0.3) is 5.92 Å². The maximum absolute atomic E-state index is 13.7. The maximum Gasteiger partial charge on any atom is 0.433 e. The Morgan fingerprint density at radius 1 is 1.11 bits per heavy atom. The number of piperidine rings is 1. The van der Waals surface area contributed by atoms with Gasteiger partial charge in [-0.2, -0.15) is 23.5 Å². The number of H-pyrrole nitrogens is 1. The van der Waals surface area contributed by atoms with Crippen LogP contribution in [0.25, 0.3) is 22.3 Å².